The highest BCUT2D eigenvalue weighted by Gasteiger charge is 2.33. The van der Waals surface area contributed by atoms with Crippen LogP contribution in [0.4, 0.5) is 0 Å². The molecule has 2 N–H and O–H groups in total. The zero-order valence-electron chi connectivity index (χ0n) is 12.2. The molecule has 0 bridgehead atoms. The first-order valence-electron chi connectivity index (χ1n) is 6.89. The Morgan fingerprint density at radius 1 is 1.48 bits per heavy atom. The Morgan fingerprint density at radius 3 is 2.81 bits per heavy atom. The molecule has 0 saturated heterocycles. The molecule has 6 nitrogen and oxygen atoms in total. The number of nitrogens with two attached hydrogens (primary N) is 1. The average Bonchev–Trinajstić information content (AvgIpc) is 2.85. The summed E-state index contributed by atoms with van der Waals surface area (Å²) in [5.41, 5.74) is 0.592. The van der Waals surface area contributed by atoms with E-state index >= 15 is 0 Å². The van der Waals surface area contributed by atoms with Gasteiger partial charge < -0.3 is 9.64 Å². The van der Waals surface area contributed by atoms with E-state index in [1.807, 2.05) is 0 Å². The van der Waals surface area contributed by atoms with E-state index < -0.39 is 15.9 Å². The zero-order chi connectivity index (χ0) is 15.6. The van der Waals surface area contributed by atoms with Gasteiger partial charge in [-0.1, -0.05) is 13.3 Å². The predicted molar refractivity (Wildman–Crippen MR) is 78.6 cm³/mol. The fourth-order valence-corrected chi connectivity index (χ4v) is 2.89. The van der Waals surface area contributed by atoms with Crippen molar-refractivity contribution in [2.75, 3.05) is 20.2 Å². The van der Waals surface area contributed by atoms with E-state index in [9.17, 15) is 13.2 Å². The Hall–Kier alpha value is -1.60. The van der Waals surface area contributed by atoms with Crippen LogP contribution in [-0.4, -0.2) is 39.4 Å². The van der Waals surface area contributed by atoms with Gasteiger partial charge in [-0.25, -0.2) is 13.6 Å². The van der Waals surface area contributed by atoms with Gasteiger partial charge in [-0.05, 0) is 24.6 Å². The molecule has 0 spiro atoms. The van der Waals surface area contributed by atoms with E-state index in [-0.39, 0.29) is 17.4 Å². The highest BCUT2D eigenvalue weighted by atomic mass is 32.2. The number of fused-ring (bicyclic) bond motifs is 1. The van der Waals surface area contributed by atoms with Crippen molar-refractivity contribution >= 4 is 15.9 Å². The second kappa shape index (κ2) is 6.03. The Kier molecular flexibility index (Phi) is 4.53. The molecule has 1 aliphatic heterocycles. The summed E-state index contributed by atoms with van der Waals surface area (Å²) in [7, 11) is -2.04. The molecule has 0 aliphatic carbocycles. The van der Waals surface area contributed by atoms with E-state index in [4.69, 9.17) is 9.88 Å². The number of primary sulfonamides is 1. The predicted octanol–water partition coefficient (Wildman–Crippen LogP) is 1.07. The summed E-state index contributed by atoms with van der Waals surface area (Å²) in [4.78, 5) is 14.1. The molecular formula is C14H20N2O4S. The quantitative estimate of drug-likeness (QED) is 0.880. The number of carbonyl (C=O) groups excluding carboxylic acids is 1. The molecule has 1 unspecified atom stereocenters. The van der Waals surface area contributed by atoms with Gasteiger partial charge in [-0.15, -0.1) is 0 Å². The normalized spacial score (nSPS) is 17.2. The van der Waals surface area contributed by atoms with Crippen molar-refractivity contribution in [1.29, 1.82) is 0 Å². The monoisotopic (exact) mass is 312 g/mol. The van der Waals surface area contributed by atoms with E-state index in [1.54, 1.807) is 18.0 Å². The maximum atomic E-state index is 12.4. The zero-order valence-corrected chi connectivity index (χ0v) is 13.0. The van der Waals surface area contributed by atoms with Crippen molar-refractivity contribution in [3.63, 3.8) is 0 Å². The number of sulfonamides is 1. The summed E-state index contributed by atoms with van der Waals surface area (Å²) in [6.45, 7) is 2.97. The van der Waals surface area contributed by atoms with Gasteiger partial charge in [0.05, 0.1) is 4.90 Å². The molecule has 2 rings (SSSR count). The van der Waals surface area contributed by atoms with Gasteiger partial charge in [-0.3, -0.25) is 4.79 Å². The average molecular weight is 312 g/mol. The lowest BCUT2D eigenvalue weighted by atomic mass is 10.00. The van der Waals surface area contributed by atoms with Crippen molar-refractivity contribution in [2.45, 2.75) is 30.6 Å². The van der Waals surface area contributed by atoms with Crippen molar-refractivity contribution in [2.24, 2.45) is 5.14 Å². The third-order valence-corrected chi connectivity index (χ3v) is 4.52. The van der Waals surface area contributed by atoms with E-state index in [2.05, 4.69) is 6.92 Å². The molecule has 1 aromatic rings. The number of amides is 1. The van der Waals surface area contributed by atoms with Crippen molar-refractivity contribution in [3.8, 4) is 5.75 Å². The lowest BCUT2D eigenvalue weighted by Crippen LogP contribution is -2.33. The van der Waals surface area contributed by atoms with Crippen LogP contribution in [-0.2, 0) is 14.8 Å². The maximum absolute atomic E-state index is 12.4. The summed E-state index contributed by atoms with van der Waals surface area (Å²) in [6.07, 6.45) is 1.94. The smallest absolute Gasteiger partial charge is 0.238 e. The molecule has 1 heterocycles. The Balaban J connectivity index is 2.26. The summed E-state index contributed by atoms with van der Waals surface area (Å²) in [5.74, 6) is 0.0157. The van der Waals surface area contributed by atoms with Crippen LogP contribution in [0.15, 0.2) is 23.1 Å². The lowest BCUT2D eigenvalue weighted by molar-refractivity contribution is -0.131. The first-order chi connectivity index (χ1) is 9.84. The molecule has 21 heavy (non-hydrogen) atoms. The number of hydrogen-bond acceptors (Lipinski definition) is 4. The van der Waals surface area contributed by atoms with Gasteiger partial charge in [-0.2, -0.15) is 0 Å². The number of ether oxygens (including phenoxy) is 1. The van der Waals surface area contributed by atoms with Gasteiger partial charge in [0.15, 0.2) is 0 Å². The third kappa shape index (κ3) is 3.36. The molecule has 1 aliphatic rings. The molecule has 1 amide bonds. The summed E-state index contributed by atoms with van der Waals surface area (Å²) in [6, 6.07) is 4.38. The second-order valence-electron chi connectivity index (χ2n) is 5.22. The fraction of sp³-hybridized carbons (Fsp3) is 0.500. The molecule has 0 radical (unpaired) electrons. The van der Waals surface area contributed by atoms with E-state index in [0.29, 0.717) is 17.9 Å². The molecule has 0 saturated carbocycles. The SMILES string of the molecule is CCCCN(C)C(=O)C1COc2ccc(S(N)(=O)=O)cc21. The third-order valence-electron chi connectivity index (χ3n) is 3.61. The van der Waals surface area contributed by atoms with Crippen LogP contribution in [0.5, 0.6) is 5.75 Å². The highest BCUT2D eigenvalue weighted by molar-refractivity contribution is 7.89. The molecule has 116 valence electrons. The largest absolute Gasteiger partial charge is 0.492 e. The first-order valence-corrected chi connectivity index (χ1v) is 8.43. The van der Waals surface area contributed by atoms with E-state index in [1.165, 1.54) is 12.1 Å². The number of carbonyl (C=O) groups is 1. The molecule has 1 aromatic carbocycles. The number of benzene rings is 1. The van der Waals surface area contributed by atoms with Gasteiger partial charge in [0.25, 0.3) is 0 Å². The highest BCUT2D eigenvalue weighted by Crippen LogP contribution is 2.36. The van der Waals surface area contributed by atoms with Gasteiger partial charge in [0, 0.05) is 19.2 Å². The number of rotatable bonds is 5. The van der Waals surface area contributed by atoms with Crippen LogP contribution in [0.3, 0.4) is 0 Å². The summed E-state index contributed by atoms with van der Waals surface area (Å²) >= 11 is 0. The Morgan fingerprint density at radius 2 is 2.19 bits per heavy atom. The van der Waals surface area contributed by atoms with Gasteiger partial charge >= 0.3 is 0 Å². The minimum Gasteiger partial charge on any atom is -0.492 e. The Bertz CT molecular complexity index is 642. The van der Waals surface area contributed by atoms with Gasteiger partial charge in [0.1, 0.15) is 18.3 Å². The molecule has 0 aromatic heterocycles. The van der Waals surface area contributed by atoms with Gasteiger partial charge in [0.2, 0.25) is 15.9 Å². The molecule has 0 fully saturated rings. The standard InChI is InChI=1S/C14H20N2O4S/c1-3-4-7-16(2)14(17)12-9-20-13-6-5-10(8-11(12)13)21(15,18)19/h5-6,8,12H,3-4,7,9H2,1-2H3,(H2,15,18,19). The number of unbranched alkanes of at least 4 members (excludes halogenated alkanes) is 1. The first kappa shape index (κ1) is 15.8. The number of hydrogen-bond donors (Lipinski definition) is 1. The maximum Gasteiger partial charge on any atom is 0.238 e. The Labute approximate surface area is 124 Å². The van der Waals surface area contributed by atoms with Crippen molar-refractivity contribution < 1.29 is 17.9 Å². The molecule has 1 atom stereocenters. The minimum atomic E-state index is -3.79. The minimum absolute atomic E-state index is 0.000705. The lowest BCUT2D eigenvalue weighted by Gasteiger charge is -2.20. The van der Waals surface area contributed by atoms with Crippen LogP contribution < -0.4 is 9.88 Å². The summed E-state index contributed by atoms with van der Waals surface area (Å²) < 4.78 is 28.3. The number of nitrogens with zero attached hydrogens (tertiary/aromatic N) is 1. The molecular weight excluding hydrogens is 292 g/mol. The van der Waals surface area contributed by atoms with Crippen LogP contribution in [0.2, 0.25) is 0 Å². The van der Waals surface area contributed by atoms with E-state index in [0.717, 1.165) is 12.8 Å². The second-order valence-corrected chi connectivity index (χ2v) is 6.78. The van der Waals surface area contributed by atoms with Crippen LogP contribution in [0, 0.1) is 0 Å². The molecule has 7 heteroatoms. The van der Waals surface area contributed by atoms with Crippen molar-refractivity contribution in [1.82, 2.24) is 4.90 Å². The topological polar surface area (TPSA) is 89.7 Å². The summed E-state index contributed by atoms with van der Waals surface area (Å²) in [5, 5.41) is 5.13. The van der Waals surface area contributed by atoms with Crippen LogP contribution in [0.1, 0.15) is 31.2 Å². The van der Waals surface area contributed by atoms with Crippen LogP contribution in [0.25, 0.3) is 0 Å². The van der Waals surface area contributed by atoms with Crippen LogP contribution >= 0.6 is 0 Å². The van der Waals surface area contributed by atoms with Crippen molar-refractivity contribution in [3.05, 3.63) is 23.8 Å². The fourth-order valence-electron chi connectivity index (χ4n) is 2.35. The number of likely N-dealkylation sites (N-methyl/N-ethyl adjacent to an activating group) is 1.